The lowest BCUT2D eigenvalue weighted by Gasteiger charge is -2.21. The van der Waals surface area contributed by atoms with Crippen molar-refractivity contribution in [1.29, 1.82) is 0 Å². The van der Waals surface area contributed by atoms with Gasteiger partial charge in [0.05, 0.1) is 6.04 Å². The average molecular weight is 397 g/mol. The quantitative estimate of drug-likeness (QED) is 0.596. The molecule has 0 aromatic heterocycles. The molecule has 7 nitrogen and oxygen atoms in total. The topological polar surface area (TPSA) is 96.5 Å². The zero-order chi connectivity index (χ0) is 21.2. The Hall–Kier alpha value is -3.35. The zero-order valence-corrected chi connectivity index (χ0v) is 16.8. The van der Waals surface area contributed by atoms with Crippen molar-refractivity contribution in [2.45, 2.75) is 32.9 Å². The van der Waals surface area contributed by atoms with Gasteiger partial charge in [-0.3, -0.25) is 4.79 Å². The molecule has 0 aliphatic heterocycles. The van der Waals surface area contributed by atoms with Gasteiger partial charge in [0.25, 0.3) is 5.91 Å². The molecule has 3 N–H and O–H groups in total. The van der Waals surface area contributed by atoms with E-state index in [2.05, 4.69) is 16.0 Å². The van der Waals surface area contributed by atoms with Crippen LogP contribution in [0.1, 0.15) is 32.4 Å². The second-order valence-electron chi connectivity index (χ2n) is 6.99. The number of ether oxygens (including phenoxy) is 1. The second-order valence-corrected chi connectivity index (χ2v) is 6.99. The van der Waals surface area contributed by atoms with Crippen molar-refractivity contribution >= 4 is 23.6 Å². The van der Waals surface area contributed by atoms with E-state index in [-0.39, 0.29) is 12.0 Å². The van der Waals surface area contributed by atoms with Gasteiger partial charge in [0.2, 0.25) is 0 Å². The van der Waals surface area contributed by atoms with Gasteiger partial charge in [-0.2, -0.15) is 0 Å². The summed E-state index contributed by atoms with van der Waals surface area (Å²) in [7, 11) is 0. The van der Waals surface area contributed by atoms with Crippen LogP contribution in [0.2, 0.25) is 0 Å². The van der Waals surface area contributed by atoms with Crippen LogP contribution in [0, 0.1) is 5.92 Å². The average Bonchev–Trinajstić information content (AvgIpc) is 2.71. The van der Waals surface area contributed by atoms with Crippen LogP contribution in [0.15, 0.2) is 60.7 Å². The molecule has 2 aromatic rings. The highest BCUT2D eigenvalue weighted by Gasteiger charge is 2.26. The fourth-order valence-corrected chi connectivity index (χ4v) is 2.66. The minimum absolute atomic E-state index is 0.210. The fourth-order valence-electron chi connectivity index (χ4n) is 2.66. The molecule has 0 heterocycles. The first-order valence-electron chi connectivity index (χ1n) is 9.50. The first-order valence-corrected chi connectivity index (χ1v) is 9.50. The lowest BCUT2D eigenvalue weighted by atomic mass is 10.1. The minimum atomic E-state index is -0.877. The van der Waals surface area contributed by atoms with Gasteiger partial charge < -0.3 is 20.7 Å². The van der Waals surface area contributed by atoms with E-state index in [9.17, 15) is 14.4 Å². The highest BCUT2D eigenvalue weighted by molar-refractivity contribution is 5.93. The van der Waals surface area contributed by atoms with E-state index in [0.29, 0.717) is 5.69 Å². The van der Waals surface area contributed by atoms with E-state index in [1.54, 1.807) is 38.1 Å². The van der Waals surface area contributed by atoms with Crippen molar-refractivity contribution in [3.63, 3.8) is 0 Å². The number of carbonyl (C=O) groups is 3. The molecule has 7 heteroatoms. The normalized spacial score (nSPS) is 12.6. The Labute approximate surface area is 170 Å². The van der Waals surface area contributed by atoms with Crippen LogP contribution in [0.5, 0.6) is 0 Å². The van der Waals surface area contributed by atoms with Crippen molar-refractivity contribution < 1.29 is 19.1 Å². The van der Waals surface area contributed by atoms with Crippen molar-refractivity contribution in [3.05, 3.63) is 66.2 Å². The number of nitrogens with one attached hydrogen (secondary N) is 3. The van der Waals surface area contributed by atoms with Crippen LogP contribution in [-0.2, 0) is 14.3 Å². The fraction of sp³-hybridized carbons (Fsp3) is 0.318. The third-order valence-electron chi connectivity index (χ3n) is 4.26. The third kappa shape index (κ3) is 7.29. The number of carbonyl (C=O) groups excluding carboxylic acids is 3. The van der Waals surface area contributed by atoms with Gasteiger partial charge >= 0.3 is 12.0 Å². The largest absolute Gasteiger partial charge is 0.454 e. The van der Waals surface area contributed by atoms with E-state index >= 15 is 0 Å². The Morgan fingerprint density at radius 3 is 2.03 bits per heavy atom. The van der Waals surface area contributed by atoms with Crippen molar-refractivity contribution in [3.8, 4) is 0 Å². The van der Waals surface area contributed by atoms with Crippen LogP contribution < -0.4 is 16.0 Å². The van der Waals surface area contributed by atoms with E-state index < -0.39 is 30.6 Å². The number of anilines is 1. The smallest absolute Gasteiger partial charge is 0.329 e. The van der Waals surface area contributed by atoms with Gasteiger partial charge in [-0.15, -0.1) is 0 Å². The molecule has 154 valence electrons. The predicted molar refractivity (Wildman–Crippen MR) is 111 cm³/mol. The zero-order valence-electron chi connectivity index (χ0n) is 16.8. The maximum Gasteiger partial charge on any atom is 0.329 e. The summed E-state index contributed by atoms with van der Waals surface area (Å²) >= 11 is 0. The third-order valence-corrected chi connectivity index (χ3v) is 4.26. The van der Waals surface area contributed by atoms with Crippen LogP contribution in [-0.4, -0.2) is 30.6 Å². The summed E-state index contributed by atoms with van der Waals surface area (Å²) in [5.41, 5.74) is 1.56. The first-order chi connectivity index (χ1) is 13.9. The van der Waals surface area contributed by atoms with E-state index in [4.69, 9.17) is 4.74 Å². The van der Waals surface area contributed by atoms with Gasteiger partial charge in [0.1, 0.15) is 6.04 Å². The number of benzene rings is 2. The molecule has 0 aliphatic rings. The summed E-state index contributed by atoms with van der Waals surface area (Å²) in [5.74, 6) is -1.29. The SMILES string of the molecule is CC(C)[C@@H](NC(=O)Nc1ccccc1)C(=O)OCC(=O)N[C@@H](C)c1ccccc1. The summed E-state index contributed by atoms with van der Waals surface area (Å²) in [5, 5.41) is 8.03. The van der Waals surface area contributed by atoms with E-state index in [1.165, 1.54) is 0 Å². The Balaban J connectivity index is 1.84. The summed E-state index contributed by atoms with van der Waals surface area (Å²) < 4.78 is 5.12. The lowest BCUT2D eigenvalue weighted by Crippen LogP contribution is -2.47. The predicted octanol–water partition coefficient (Wildman–Crippen LogP) is 3.25. The Morgan fingerprint density at radius 2 is 1.45 bits per heavy atom. The summed E-state index contributed by atoms with van der Waals surface area (Å²) in [6.45, 7) is 5.00. The van der Waals surface area contributed by atoms with Crippen molar-refractivity contribution in [2.75, 3.05) is 11.9 Å². The molecule has 0 saturated carbocycles. The summed E-state index contributed by atoms with van der Waals surface area (Å²) in [6, 6.07) is 16.8. The monoisotopic (exact) mass is 397 g/mol. The molecular weight excluding hydrogens is 370 g/mol. The number of urea groups is 1. The lowest BCUT2D eigenvalue weighted by molar-refractivity contribution is -0.151. The molecule has 2 rings (SSSR count). The maximum atomic E-state index is 12.4. The number of hydrogen-bond acceptors (Lipinski definition) is 4. The van der Waals surface area contributed by atoms with Crippen molar-refractivity contribution in [2.24, 2.45) is 5.92 Å². The number of esters is 1. The summed E-state index contributed by atoms with van der Waals surface area (Å²) in [6.07, 6.45) is 0. The molecule has 2 aromatic carbocycles. The molecular formula is C22H27N3O4. The molecule has 2 atom stereocenters. The highest BCUT2D eigenvalue weighted by atomic mass is 16.5. The highest BCUT2D eigenvalue weighted by Crippen LogP contribution is 2.11. The second kappa shape index (κ2) is 10.8. The molecule has 0 aliphatic carbocycles. The van der Waals surface area contributed by atoms with Crippen LogP contribution >= 0.6 is 0 Å². The summed E-state index contributed by atoms with van der Waals surface area (Å²) in [4.78, 5) is 36.7. The minimum Gasteiger partial charge on any atom is -0.454 e. The van der Waals surface area contributed by atoms with Crippen LogP contribution in [0.25, 0.3) is 0 Å². The number of rotatable bonds is 8. The van der Waals surface area contributed by atoms with Gasteiger partial charge in [-0.05, 0) is 30.5 Å². The Morgan fingerprint density at radius 1 is 0.862 bits per heavy atom. The molecule has 3 amide bonds. The van der Waals surface area contributed by atoms with Gasteiger partial charge in [-0.1, -0.05) is 62.4 Å². The first kappa shape index (κ1) is 21.9. The standard InChI is InChI=1S/C22H27N3O4/c1-15(2)20(25-22(28)24-18-12-8-5-9-13-18)21(27)29-14-19(26)23-16(3)17-10-6-4-7-11-17/h4-13,15-16,20H,14H2,1-3H3,(H,23,26)(H2,24,25,28)/t16-,20+/m0/s1. The molecule has 0 radical (unpaired) electrons. The Kier molecular flexibility index (Phi) is 8.21. The number of amides is 3. The maximum absolute atomic E-state index is 12.4. The molecule has 0 fully saturated rings. The Bertz CT molecular complexity index is 809. The van der Waals surface area contributed by atoms with Crippen molar-refractivity contribution in [1.82, 2.24) is 10.6 Å². The van der Waals surface area contributed by atoms with Gasteiger partial charge in [0, 0.05) is 5.69 Å². The molecule has 0 unspecified atom stereocenters. The molecule has 0 saturated heterocycles. The molecule has 0 spiro atoms. The van der Waals surface area contributed by atoms with Crippen LogP contribution in [0.3, 0.4) is 0 Å². The van der Waals surface area contributed by atoms with Gasteiger partial charge in [0.15, 0.2) is 6.61 Å². The molecule has 29 heavy (non-hydrogen) atoms. The van der Waals surface area contributed by atoms with E-state index in [1.807, 2.05) is 43.3 Å². The van der Waals surface area contributed by atoms with E-state index in [0.717, 1.165) is 5.56 Å². The van der Waals surface area contributed by atoms with Crippen LogP contribution in [0.4, 0.5) is 10.5 Å². The van der Waals surface area contributed by atoms with Gasteiger partial charge in [-0.25, -0.2) is 9.59 Å². The number of para-hydroxylation sites is 1. The molecule has 0 bridgehead atoms. The number of hydrogen-bond donors (Lipinski definition) is 3.